The summed E-state index contributed by atoms with van der Waals surface area (Å²) in [6.07, 6.45) is 14.4. The summed E-state index contributed by atoms with van der Waals surface area (Å²) in [4.78, 5) is 5.04. The maximum atomic E-state index is 2.59. The molecule has 0 N–H and O–H groups in total. The lowest BCUT2D eigenvalue weighted by Crippen LogP contribution is -2.30. The van der Waals surface area contributed by atoms with Gasteiger partial charge in [0, 0.05) is 39.3 Å². The lowest BCUT2D eigenvalue weighted by molar-refractivity contribution is 0.490. The molecule has 0 aliphatic heterocycles. The maximum Gasteiger partial charge on any atom is 0.0559 e. The Labute approximate surface area is 378 Å². The van der Waals surface area contributed by atoms with Crippen LogP contribution in [0.15, 0.2) is 188 Å². The van der Waals surface area contributed by atoms with Crippen molar-refractivity contribution in [2.45, 2.75) is 76.7 Å². The number of anilines is 5. The molecule has 64 heavy (non-hydrogen) atoms. The topological polar surface area (TPSA) is 6.48 Å². The Morgan fingerprint density at radius 1 is 0.406 bits per heavy atom. The third kappa shape index (κ3) is 5.51. The minimum atomic E-state index is 0.0451. The van der Waals surface area contributed by atoms with Crippen LogP contribution in [0.4, 0.5) is 28.4 Å². The molecule has 2 nitrogen and oxygen atoms in total. The van der Waals surface area contributed by atoms with Crippen LogP contribution in [-0.2, 0) is 10.8 Å². The molecule has 0 radical (unpaired) electrons. The van der Waals surface area contributed by atoms with Gasteiger partial charge in [-0.2, -0.15) is 0 Å². The lowest BCUT2D eigenvalue weighted by Gasteiger charge is -2.34. The molecule has 12 rings (SSSR count). The molecule has 0 saturated heterocycles. The van der Waals surface area contributed by atoms with Crippen LogP contribution in [0.1, 0.15) is 82.1 Å². The second-order valence-corrected chi connectivity index (χ2v) is 18.5. The molecule has 1 atom stereocenters. The highest BCUT2D eigenvalue weighted by Crippen LogP contribution is 2.56. The number of fused-ring (bicyclic) bond motifs is 6. The van der Waals surface area contributed by atoms with Gasteiger partial charge >= 0.3 is 0 Å². The van der Waals surface area contributed by atoms with Crippen LogP contribution in [0.2, 0.25) is 0 Å². The first-order chi connectivity index (χ1) is 31.5. The van der Waals surface area contributed by atoms with E-state index in [0.29, 0.717) is 0 Å². The molecule has 3 aliphatic rings. The zero-order valence-corrected chi connectivity index (χ0v) is 37.4. The van der Waals surface area contributed by atoms with Crippen LogP contribution >= 0.6 is 0 Å². The van der Waals surface area contributed by atoms with Gasteiger partial charge in [-0.1, -0.05) is 155 Å². The fourth-order valence-electron chi connectivity index (χ4n) is 12.6. The number of benzene rings is 9. The van der Waals surface area contributed by atoms with Crippen LogP contribution in [0.25, 0.3) is 54.6 Å². The second-order valence-electron chi connectivity index (χ2n) is 18.5. The zero-order chi connectivity index (χ0) is 43.2. The van der Waals surface area contributed by atoms with Gasteiger partial charge in [0.2, 0.25) is 0 Å². The molecule has 312 valence electrons. The Balaban J connectivity index is 0.990. The van der Waals surface area contributed by atoms with Crippen molar-refractivity contribution in [3.63, 3.8) is 0 Å². The molecular formula is C62H54N2. The van der Waals surface area contributed by atoms with E-state index in [2.05, 4.69) is 226 Å². The molecule has 0 aromatic heterocycles. The molecule has 0 saturated carbocycles. The number of para-hydroxylation sites is 1. The molecule has 1 unspecified atom stereocenters. The molecule has 0 amide bonds. The van der Waals surface area contributed by atoms with E-state index in [1.54, 1.807) is 0 Å². The predicted molar refractivity (Wildman–Crippen MR) is 274 cm³/mol. The van der Waals surface area contributed by atoms with Gasteiger partial charge in [0.1, 0.15) is 0 Å². The summed E-state index contributed by atoms with van der Waals surface area (Å²) in [5.74, 6) is 0. The Morgan fingerprint density at radius 2 is 0.875 bits per heavy atom. The van der Waals surface area contributed by atoms with Crippen molar-refractivity contribution in [3.8, 4) is 22.3 Å². The minimum absolute atomic E-state index is 0.0451. The van der Waals surface area contributed by atoms with E-state index in [0.717, 1.165) is 43.5 Å². The Kier molecular flexibility index (Phi) is 8.99. The normalized spacial score (nSPS) is 16.3. The average molecular weight is 827 g/mol. The van der Waals surface area contributed by atoms with Crippen LogP contribution in [0.3, 0.4) is 0 Å². The van der Waals surface area contributed by atoms with Crippen molar-refractivity contribution < 1.29 is 0 Å². The SMILES string of the molecule is CCC1(CC)c2ccccc2-c2cc(N(c3ccccc3)c3cc4ccc5cc(N(c6ccc7c(c6)-c6ccccc6C7(CC)CC)C6C=CC=CC6)cc6ccc(c3)c4c56)ccc21. The second kappa shape index (κ2) is 14.8. The molecule has 2 heteroatoms. The number of hydrogen-bond donors (Lipinski definition) is 0. The van der Waals surface area contributed by atoms with Gasteiger partial charge in [-0.15, -0.1) is 0 Å². The van der Waals surface area contributed by atoms with Crippen LogP contribution < -0.4 is 9.80 Å². The molecule has 0 heterocycles. The van der Waals surface area contributed by atoms with Gasteiger partial charge in [0.25, 0.3) is 0 Å². The van der Waals surface area contributed by atoms with Gasteiger partial charge in [-0.3, -0.25) is 0 Å². The first-order valence-corrected chi connectivity index (χ1v) is 23.7. The van der Waals surface area contributed by atoms with Gasteiger partial charge in [0.15, 0.2) is 0 Å². The van der Waals surface area contributed by atoms with Crippen LogP contribution in [0, 0.1) is 0 Å². The van der Waals surface area contributed by atoms with E-state index in [9.17, 15) is 0 Å². The number of hydrogen-bond acceptors (Lipinski definition) is 2. The smallest absolute Gasteiger partial charge is 0.0559 e. The quantitative estimate of drug-likeness (QED) is 0.127. The van der Waals surface area contributed by atoms with Gasteiger partial charge < -0.3 is 9.80 Å². The van der Waals surface area contributed by atoms with Crippen LogP contribution in [-0.4, -0.2) is 6.04 Å². The van der Waals surface area contributed by atoms with Crippen molar-refractivity contribution in [1.29, 1.82) is 0 Å². The first kappa shape index (κ1) is 38.7. The molecule has 9 aromatic carbocycles. The molecule has 0 fully saturated rings. The third-order valence-corrected chi connectivity index (χ3v) is 15.8. The van der Waals surface area contributed by atoms with Crippen LogP contribution in [0.5, 0.6) is 0 Å². The summed E-state index contributed by atoms with van der Waals surface area (Å²) in [5.41, 5.74) is 17.4. The molecule has 9 aromatic rings. The number of rotatable bonds is 10. The summed E-state index contributed by atoms with van der Waals surface area (Å²) >= 11 is 0. The Hall–Kier alpha value is -6.90. The third-order valence-electron chi connectivity index (χ3n) is 15.8. The van der Waals surface area contributed by atoms with E-state index in [-0.39, 0.29) is 16.9 Å². The van der Waals surface area contributed by atoms with Gasteiger partial charge in [0.05, 0.1) is 6.04 Å². The molecule has 3 aliphatic carbocycles. The summed E-state index contributed by atoms with van der Waals surface area (Å²) < 4.78 is 0. The van der Waals surface area contributed by atoms with Crippen molar-refractivity contribution >= 4 is 60.8 Å². The average Bonchev–Trinajstić information content (AvgIpc) is 3.80. The molecular weight excluding hydrogens is 773 g/mol. The van der Waals surface area contributed by atoms with Crippen molar-refractivity contribution in [3.05, 3.63) is 210 Å². The standard InChI is InChI=1S/C62H54N2/c1-5-61(6-2)55-25-17-15-23-51(55)53-39-47(31-33-57(53)61)63(45-19-11-9-12-20-45)49-35-41-27-29-43-37-50(38-44-30-28-42(36-49)59(41)60(43)44)64(46-21-13-10-14-22-46)48-32-34-58-54(40-48)52-24-16-18-26-56(52)62(58,7-3)8-4/h9-21,23-40,46H,5-8,22H2,1-4H3. The number of allylic oxidation sites excluding steroid dienone is 2. The van der Waals surface area contributed by atoms with Crippen molar-refractivity contribution in [1.82, 2.24) is 0 Å². The van der Waals surface area contributed by atoms with E-state index < -0.39 is 0 Å². The van der Waals surface area contributed by atoms with E-state index in [1.165, 1.54) is 93.9 Å². The fraction of sp³-hybridized carbons (Fsp3) is 0.194. The Morgan fingerprint density at radius 3 is 1.39 bits per heavy atom. The largest absolute Gasteiger partial charge is 0.334 e. The highest BCUT2D eigenvalue weighted by Gasteiger charge is 2.42. The van der Waals surface area contributed by atoms with Crippen molar-refractivity contribution in [2.24, 2.45) is 0 Å². The number of nitrogens with zero attached hydrogens (tertiary/aromatic N) is 2. The molecule has 0 bridgehead atoms. The first-order valence-electron chi connectivity index (χ1n) is 23.7. The van der Waals surface area contributed by atoms with Gasteiger partial charge in [-0.05, 0) is 170 Å². The fourth-order valence-corrected chi connectivity index (χ4v) is 12.6. The van der Waals surface area contributed by atoms with E-state index >= 15 is 0 Å². The summed E-state index contributed by atoms with van der Waals surface area (Å²) in [5, 5.41) is 7.72. The monoisotopic (exact) mass is 826 g/mol. The predicted octanol–water partition coefficient (Wildman–Crippen LogP) is 17.2. The Bertz CT molecular complexity index is 3260. The summed E-state index contributed by atoms with van der Waals surface area (Å²) in [6.45, 7) is 9.41. The zero-order valence-electron chi connectivity index (χ0n) is 37.4. The van der Waals surface area contributed by atoms with E-state index in [1.807, 2.05) is 0 Å². The van der Waals surface area contributed by atoms with Gasteiger partial charge in [-0.25, -0.2) is 0 Å². The van der Waals surface area contributed by atoms with E-state index in [4.69, 9.17) is 0 Å². The highest BCUT2D eigenvalue weighted by molar-refractivity contribution is 6.24. The molecule has 0 spiro atoms. The summed E-state index contributed by atoms with van der Waals surface area (Å²) in [7, 11) is 0. The van der Waals surface area contributed by atoms with Crippen molar-refractivity contribution in [2.75, 3.05) is 9.80 Å². The summed E-state index contributed by atoms with van der Waals surface area (Å²) in [6, 6.07) is 63.0. The highest BCUT2D eigenvalue weighted by atomic mass is 15.2. The lowest BCUT2D eigenvalue weighted by atomic mass is 9.74. The maximum absolute atomic E-state index is 2.59. The minimum Gasteiger partial charge on any atom is -0.334 e.